The van der Waals surface area contributed by atoms with Gasteiger partial charge >= 0.3 is 0 Å². The van der Waals surface area contributed by atoms with Crippen molar-refractivity contribution in [1.82, 2.24) is 0 Å². The summed E-state index contributed by atoms with van der Waals surface area (Å²) in [6.45, 7) is 2.01. The van der Waals surface area contributed by atoms with Crippen molar-refractivity contribution in [3.8, 4) is 0 Å². The van der Waals surface area contributed by atoms with Crippen molar-refractivity contribution < 1.29 is 4.39 Å². The molecule has 1 rings (SSSR count). The Kier molecular flexibility index (Phi) is 6.17. The van der Waals surface area contributed by atoms with Crippen LogP contribution in [0.5, 0.6) is 0 Å². The van der Waals surface area contributed by atoms with Crippen LogP contribution in [0, 0.1) is 6.92 Å². The summed E-state index contributed by atoms with van der Waals surface area (Å²) in [6.07, 6.45) is 2.14. The molecule has 14 heavy (non-hydrogen) atoms. The number of rotatable bonds is 3. The molecule has 0 aliphatic rings. The molecule has 0 aliphatic carbocycles. The third-order valence-corrected chi connectivity index (χ3v) is 1.84. The minimum absolute atomic E-state index is 0. The Labute approximate surface area is 90.2 Å². The van der Waals surface area contributed by atoms with Crippen LogP contribution in [0.15, 0.2) is 36.2 Å². The third-order valence-electron chi connectivity index (χ3n) is 1.84. The van der Waals surface area contributed by atoms with Gasteiger partial charge in [-0.15, -0.1) is 12.4 Å². The molecular weight excluding hydrogens is 201 g/mol. The smallest absolute Gasteiger partial charge is 0.110 e. The first kappa shape index (κ1) is 13.1. The molecule has 0 saturated heterocycles. The van der Waals surface area contributed by atoms with Gasteiger partial charge in [-0.25, -0.2) is 4.39 Å². The second kappa shape index (κ2) is 6.57. The first-order valence-electron chi connectivity index (χ1n) is 4.32. The Hall–Kier alpha value is -0.860. The SMILES string of the molecule is Cc1cccc(C/C=C(\F)CN)c1.Cl. The molecular formula is C11H15ClFN. The van der Waals surface area contributed by atoms with Gasteiger partial charge in [-0.05, 0) is 25.0 Å². The maximum Gasteiger partial charge on any atom is 0.110 e. The van der Waals surface area contributed by atoms with Crippen LogP contribution >= 0.6 is 12.4 Å². The molecule has 0 saturated carbocycles. The molecule has 0 spiro atoms. The van der Waals surface area contributed by atoms with E-state index in [9.17, 15) is 4.39 Å². The Bertz CT molecular complexity index is 310. The lowest BCUT2D eigenvalue weighted by molar-refractivity contribution is 0.614. The zero-order valence-electron chi connectivity index (χ0n) is 8.16. The van der Waals surface area contributed by atoms with Crippen LogP contribution in [-0.4, -0.2) is 6.54 Å². The van der Waals surface area contributed by atoms with Gasteiger partial charge in [0.05, 0.1) is 0 Å². The van der Waals surface area contributed by atoms with E-state index in [0.717, 1.165) is 5.56 Å². The fourth-order valence-electron chi connectivity index (χ4n) is 1.15. The molecule has 0 atom stereocenters. The second-order valence-electron chi connectivity index (χ2n) is 3.05. The minimum atomic E-state index is -0.249. The molecule has 1 nitrogen and oxygen atoms in total. The van der Waals surface area contributed by atoms with Crippen molar-refractivity contribution in [2.75, 3.05) is 6.54 Å². The molecule has 78 valence electrons. The molecule has 0 radical (unpaired) electrons. The van der Waals surface area contributed by atoms with Crippen molar-refractivity contribution in [1.29, 1.82) is 0 Å². The largest absolute Gasteiger partial charge is 0.325 e. The fourth-order valence-corrected chi connectivity index (χ4v) is 1.15. The zero-order valence-corrected chi connectivity index (χ0v) is 8.98. The number of nitrogens with two attached hydrogens (primary N) is 1. The first-order chi connectivity index (χ1) is 6.22. The maximum atomic E-state index is 12.7. The topological polar surface area (TPSA) is 26.0 Å². The van der Waals surface area contributed by atoms with Gasteiger partial charge in [0, 0.05) is 6.54 Å². The zero-order chi connectivity index (χ0) is 9.68. The highest BCUT2D eigenvalue weighted by molar-refractivity contribution is 5.85. The van der Waals surface area contributed by atoms with Crippen LogP contribution in [0.1, 0.15) is 11.1 Å². The number of aryl methyl sites for hydroxylation is 1. The monoisotopic (exact) mass is 215 g/mol. The Morgan fingerprint density at radius 2 is 2.21 bits per heavy atom. The molecule has 2 N–H and O–H groups in total. The Morgan fingerprint density at radius 3 is 2.79 bits per heavy atom. The summed E-state index contributed by atoms with van der Waals surface area (Å²) in [5.41, 5.74) is 7.43. The number of allylic oxidation sites excluding steroid dienone is 1. The molecule has 0 fully saturated rings. The highest BCUT2D eigenvalue weighted by atomic mass is 35.5. The van der Waals surface area contributed by atoms with Gasteiger partial charge in [-0.1, -0.05) is 29.8 Å². The van der Waals surface area contributed by atoms with Crippen molar-refractivity contribution in [3.05, 3.63) is 47.3 Å². The molecule has 1 aromatic rings. The van der Waals surface area contributed by atoms with Gasteiger partial charge in [-0.2, -0.15) is 0 Å². The molecule has 0 aromatic heterocycles. The summed E-state index contributed by atoms with van der Waals surface area (Å²) in [5, 5.41) is 0. The summed E-state index contributed by atoms with van der Waals surface area (Å²) in [5.74, 6) is -0.249. The fraction of sp³-hybridized carbons (Fsp3) is 0.273. The minimum Gasteiger partial charge on any atom is -0.325 e. The van der Waals surface area contributed by atoms with Gasteiger partial charge in [0.15, 0.2) is 0 Å². The van der Waals surface area contributed by atoms with Crippen LogP contribution in [0.4, 0.5) is 4.39 Å². The van der Waals surface area contributed by atoms with Gasteiger partial charge in [0.2, 0.25) is 0 Å². The van der Waals surface area contributed by atoms with Crippen LogP contribution in [0.25, 0.3) is 0 Å². The summed E-state index contributed by atoms with van der Waals surface area (Å²) in [6, 6.07) is 8.01. The number of halogens is 2. The molecule has 0 bridgehead atoms. The van der Waals surface area contributed by atoms with Gasteiger partial charge in [-0.3, -0.25) is 0 Å². The summed E-state index contributed by atoms with van der Waals surface area (Å²) < 4.78 is 12.7. The lowest BCUT2D eigenvalue weighted by atomic mass is 10.1. The standard InChI is InChI=1S/C11H14FN.ClH/c1-9-3-2-4-10(7-9)5-6-11(12)8-13;/h2-4,6-7H,5,8,13H2,1H3;1H/b11-6-;. The molecule has 1 aromatic carbocycles. The predicted octanol–water partition coefficient (Wildman–Crippen LogP) is 2.77. The van der Waals surface area contributed by atoms with Crippen LogP contribution in [0.3, 0.4) is 0 Å². The van der Waals surface area contributed by atoms with Gasteiger partial charge < -0.3 is 5.73 Å². The summed E-state index contributed by atoms with van der Waals surface area (Å²) >= 11 is 0. The van der Waals surface area contributed by atoms with E-state index in [1.165, 1.54) is 11.6 Å². The Balaban J connectivity index is 0.00000169. The van der Waals surface area contributed by atoms with E-state index in [-0.39, 0.29) is 24.8 Å². The van der Waals surface area contributed by atoms with E-state index >= 15 is 0 Å². The molecule has 0 heterocycles. The predicted molar refractivity (Wildman–Crippen MR) is 60.4 cm³/mol. The highest BCUT2D eigenvalue weighted by Gasteiger charge is 1.92. The van der Waals surface area contributed by atoms with Crippen LogP contribution in [-0.2, 0) is 6.42 Å². The average molecular weight is 216 g/mol. The summed E-state index contributed by atoms with van der Waals surface area (Å²) in [4.78, 5) is 0. The second-order valence-corrected chi connectivity index (χ2v) is 3.05. The van der Waals surface area contributed by atoms with Gasteiger partial charge in [0.25, 0.3) is 0 Å². The molecule has 0 aliphatic heterocycles. The molecule has 0 amide bonds. The van der Waals surface area contributed by atoms with E-state index in [1.54, 1.807) is 0 Å². The van der Waals surface area contributed by atoms with Gasteiger partial charge in [0.1, 0.15) is 5.83 Å². The van der Waals surface area contributed by atoms with E-state index in [0.29, 0.717) is 6.42 Å². The van der Waals surface area contributed by atoms with Crippen molar-refractivity contribution in [3.63, 3.8) is 0 Å². The number of hydrogen-bond acceptors (Lipinski definition) is 1. The number of benzene rings is 1. The van der Waals surface area contributed by atoms with Crippen molar-refractivity contribution in [2.24, 2.45) is 5.73 Å². The summed E-state index contributed by atoms with van der Waals surface area (Å²) in [7, 11) is 0. The lowest BCUT2D eigenvalue weighted by Crippen LogP contribution is -1.99. The quantitative estimate of drug-likeness (QED) is 0.825. The number of hydrogen-bond donors (Lipinski definition) is 1. The Morgan fingerprint density at radius 1 is 1.50 bits per heavy atom. The van der Waals surface area contributed by atoms with E-state index in [4.69, 9.17) is 5.73 Å². The highest BCUT2D eigenvalue weighted by Crippen LogP contribution is 2.06. The van der Waals surface area contributed by atoms with E-state index in [2.05, 4.69) is 0 Å². The normalized spacial score (nSPS) is 10.9. The average Bonchev–Trinajstić information content (AvgIpc) is 2.14. The third kappa shape index (κ3) is 4.40. The van der Waals surface area contributed by atoms with E-state index in [1.807, 2.05) is 31.2 Å². The molecule has 3 heteroatoms. The maximum absolute atomic E-state index is 12.7. The van der Waals surface area contributed by atoms with Crippen molar-refractivity contribution in [2.45, 2.75) is 13.3 Å². The first-order valence-corrected chi connectivity index (χ1v) is 4.32. The lowest BCUT2D eigenvalue weighted by Gasteiger charge is -1.98. The van der Waals surface area contributed by atoms with Crippen molar-refractivity contribution >= 4 is 12.4 Å². The van der Waals surface area contributed by atoms with E-state index < -0.39 is 0 Å². The van der Waals surface area contributed by atoms with Crippen LogP contribution in [0.2, 0.25) is 0 Å². The van der Waals surface area contributed by atoms with Crippen LogP contribution < -0.4 is 5.73 Å². The molecule has 0 unspecified atom stereocenters.